The largest absolute Gasteiger partial charge is 0.352 e. The number of amides is 3. The highest BCUT2D eigenvalue weighted by Crippen LogP contribution is 2.29. The molecule has 2 aromatic carbocycles. The molecule has 7 heteroatoms. The molecule has 1 N–H and O–H groups in total. The average molecular weight is 407 g/mol. The molecule has 1 aliphatic heterocycles. The van der Waals surface area contributed by atoms with Gasteiger partial charge in [0.1, 0.15) is 5.01 Å². The number of hydrogen-bond acceptors (Lipinski definition) is 5. The molecule has 6 nitrogen and oxygen atoms in total. The lowest BCUT2D eigenvalue weighted by atomic mass is 10.1. The zero-order valence-electron chi connectivity index (χ0n) is 15.9. The quantitative estimate of drug-likeness (QED) is 0.608. The van der Waals surface area contributed by atoms with E-state index < -0.39 is 0 Å². The predicted octanol–water partition coefficient (Wildman–Crippen LogP) is 3.51. The van der Waals surface area contributed by atoms with Crippen LogP contribution < -0.4 is 5.32 Å². The van der Waals surface area contributed by atoms with Crippen LogP contribution in [0.4, 0.5) is 0 Å². The molecule has 148 valence electrons. The minimum Gasteiger partial charge on any atom is -0.352 e. The van der Waals surface area contributed by atoms with Crippen molar-refractivity contribution in [2.75, 3.05) is 6.54 Å². The van der Waals surface area contributed by atoms with Crippen LogP contribution in [0.1, 0.15) is 31.2 Å². The lowest BCUT2D eigenvalue weighted by molar-refractivity contribution is -0.138. The molecular formula is C22H21N3O3S. The van der Waals surface area contributed by atoms with Crippen molar-refractivity contribution in [2.45, 2.75) is 32.2 Å². The zero-order valence-corrected chi connectivity index (χ0v) is 16.7. The Morgan fingerprint density at radius 3 is 2.48 bits per heavy atom. The second-order valence-electron chi connectivity index (χ2n) is 7.00. The normalized spacial score (nSPS) is 14.0. The van der Waals surface area contributed by atoms with Gasteiger partial charge in [-0.1, -0.05) is 36.4 Å². The number of carbonyl (C=O) groups excluding carboxylic acids is 3. The summed E-state index contributed by atoms with van der Waals surface area (Å²) in [4.78, 5) is 41.1. The first kappa shape index (κ1) is 19.3. The van der Waals surface area contributed by atoms with E-state index in [1.165, 1.54) is 4.90 Å². The fourth-order valence-corrected chi connectivity index (χ4v) is 4.29. The van der Waals surface area contributed by atoms with Gasteiger partial charge < -0.3 is 5.32 Å². The maximum absolute atomic E-state index is 12.0. The van der Waals surface area contributed by atoms with Crippen molar-refractivity contribution in [3.05, 3.63) is 54.1 Å². The van der Waals surface area contributed by atoms with Crippen molar-refractivity contribution >= 4 is 39.3 Å². The zero-order chi connectivity index (χ0) is 20.2. The standard InChI is InChI=1S/C22H21N3O3S/c26-19(6-3-13-25-20(27)11-12-21(25)28)23-14-15-7-9-16(10-8-15)22-24-17-4-1-2-5-18(17)29-22/h1-2,4-5,7-10H,3,6,11-14H2,(H,23,26). The van der Waals surface area contributed by atoms with E-state index in [4.69, 9.17) is 0 Å². The average Bonchev–Trinajstić information content (AvgIpc) is 3.31. The summed E-state index contributed by atoms with van der Waals surface area (Å²) in [6.45, 7) is 0.766. The van der Waals surface area contributed by atoms with Gasteiger partial charge in [-0.15, -0.1) is 11.3 Å². The molecule has 0 atom stereocenters. The van der Waals surface area contributed by atoms with E-state index >= 15 is 0 Å². The lowest BCUT2D eigenvalue weighted by Gasteiger charge is -2.13. The maximum Gasteiger partial charge on any atom is 0.229 e. The number of fused-ring (bicyclic) bond motifs is 1. The Kier molecular flexibility index (Phi) is 5.67. The highest BCUT2D eigenvalue weighted by atomic mass is 32.1. The van der Waals surface area contributed by atoms with E-state index in [1.54, 1.807) is 11.3 Å². The molecule has 0 spiro atoms. The van der Waals surface area contributed by atoms with Crippen molar-refractivity contribution in [3.63, 3.8) is 0 Å². The van der Waals surface area contributed by atoms with E-state index in [0.29, 0.717) is 25.9 Å². The van der Waals surface area contributed by atoms with Crippen LogP contribution in [-0.4, -0.2) is 34.2 Å². The van der Waals surface area contributed by atoms with E-state index in [2.05, 4.69) is 16.4 Å². The number of carbonyl (C=O) groups is 3. The third-order valence-corrected chi connectivity index (χ3v) is 6.01. The van der Waals surface area contributed by atoms with Crippen LogP contribution in [0, 0.1) is 0 Å². The number of rotatable bonds is 7. The van der Waals surface area contributed by atoms with Crippen LogP contribution in [0.25, 0.3) is 20.8 Å². The van der Waals surface area contributed by atoms with Crippen molar-refractivity contribution < 1.29 is 14.4 Å². The van der Waals surface area contributed by atoms with Crippen LogP contribution in [0.2, 0.25) is 0 Å². The number of aromatic nitrogens is 1. The summed E-state index contributed by atoms with van der Waals surface area (Å²) in [5.41, 5.74) is 3.07. The third-order valence-electron chi connectivity index (χ3n) is 4.92. The SMILES string of the molecule is O=C(CCCN1C(=O)CCC1=O)NCc1ccc(-c2nc3ccccc3s2)cc1. The molecule has 0 saturated carbocycles. The Morgan fingerprint density at radius 1 is 1.03 bits per heavy atom. The van der Waals surface area contributed by atoms with Gasteiger partial charge in [-0.05, 0) is 24.1 Å². The molecule has 3 aromatic rings. The number of imide groups is 1. The Labute approximate surface area is 172 Å². The highest BCUT2D eigenvalue weighted by Gasteiger charge is 2.28. The molecular weight excluding hydrogens is 386 g/mol. The molecule has 29 heavy (non-hydrogen) atoms. The molecule has 1 aliphatic rings. The fraction of sp³-hybridized carbons (Fsp3) is 0.273. The number of nitrogens with zero attached hydrogens (tertiary/aromatic N) is 2. The van der Waals surface area contributed by atoms with E-state index in [0.717, 1.165) is 26.4 Å². The number of benzene rings is 2. The van der Waals surface area contributed by atoms with Gasteiger partial charge >= 0.3 is 0 Å². The first-order valence-electron chi connectivity index (χ1n) is 9.65. The molecule has 4 rings (SSSR count). The molecule has 0 bridgehead atoms. The maximum atomic E-state index is 12.0. The summed E-state index contributed by atoms with van der Waals surface area (Å²) >= 11 is 1.66. The van der Waals surface area contributed by atoms with Gasteiger partial charge in [0.15, 0.2) is 0 Å². The molecule has 1 fully saturated rings. The number of thiazole rings is 1. The van der Waals surface area contributed by atoms with Gasteiger partial charge in [0.2, 0.25) is 17.7 Å². The van der Waals surface area contributed by atoms with E-state index in [-0.39, 0.29) is 30.6 Å². The van der Waals surface area contributed by atoms with Gasteiger partial charge in [-0.2, -0.15) is 0 Å². The first-order chi connectivity index (χ1) is 14.1. The molecule has 0 radical (unpaired) electrons. The number of nitrogens with one attached hydrogen (secondary N) is 1. The molecule has 2 heterocycles. The number of hydrogen-bond donors (Lipinski definition) is 1. The van der Waals surface area contributed by atoms with Gasteiger partial charge in [0, 0.05) is 37.9 Å². The Bertz CT molecular complexity index is 1010. The van der Waals surface area contributed by atoms with Crippen molar-refractivity contribution in [1.82, 2.24) is 15.2 Å². The monoisotopic (exact) mass is 407 g/mol. The smallest absolute Gasteiger partial charge is 0.229 e. The molecule has 0 unspecified atom stereocenters. The second-order valence-corrected chi connectivity index (χ2v) is 8.03. The van der Waals surface area contributed by atoms with E-state index in [1.807, 2.05) is 42.5 Å². The van der Waals surface area contributed by atoms with E-state index in [9.17, 15) is 14.4 Å². The predicted molar refractivity (Wildman–Crippen MR) is 112 cm³/mol. The number of para-hydroxylation sites is 1. The van der Waals surface area contributed by atoms with Gasteiger partial charge in [0.25, 0.3) is 0 Å². The number of likely N-dealkylation sites (tertiary alicyclic amines) is 1. The Morgan fingerprint density at radius 2 is 1.76 bits per heavy atom. The van der Waals surface area contributed by atoms with Gasteiger partial charge in [-0.3, -0.25) is 19.3 Å². The molecule has 3 amide bonds. The molecule has 0 aliphatic carbocycles. The van der Waals surface area contributed by atoms with Crippen molar-refractivity contribution in [1.29, 1.82) is 0 Å². The summed E-state index contributed by atoms with van der Waals surface area (Å²) in [5, 5.41) is 3.87. The summed E-state index contributed by atoms with van der Waals surface area (Å²) in [5.74, 6) is -0.355. The summed E-state index contributed by atoms with van der Waals surface area (Å²) in [6, 6.07) is 16.1. The Balaban J connectivity index is 1.26. The second kappa shape index (κ2) is 8.53. The minimum absolute atomic E-state index is 0.0839. The topological polar surface area (TPSA) is 79.4 Å². The summed E-state index contributed by atoms with van der Waals surface area (Å²) in [6.07, 6.45) is 1.36. The fourth-order valence-electron chi connectivity index (χ4n) is 3.32. The summed E-state index contributed by atoms with van der Waals surface area (Å²) in [7, 11) is 0. The van der Waals surface area contributed by atoms with Crippen LogP contribution in [0.15, 0.2) is 48.5 Å². The lowest BCUT2D eigenvalue weighted by Crippen LogP contribution is -2.31. The molecule has 1 saturated heterocycles. The van der Waals surface area contributed by atoms with Gasteiger partial charge in [0.05, 0.1) is 10.2 Å². The first-order valence-corrected chi connectivity index (χ1v) is 10.5. The van der Waals surface area contributed by atoms with Crippen LogP contribution in [0.3, 0.4) is 0 Å². The van der Waals surface area contributed by atoms with Crippen LogP contribution in [0.5, 0.6) is 0 Å². The van der Waals surface area contributed by atoms with Gasteiger partial charge in [-0.25, -0.2) is 4.98 Å². The minimum atomic E-state index is -0.136. The highest BCUT2D eigenvalue weighted by molar-refractivity contribution is 7.21. The van der Waals surface area contributed by atoms with Crippen LogP contribution in [-0.2, 0) is 20.9 Å². The summed E-state index contributed by atoms with van der Waals surface area (Å²) < 4.78 is 1.16. The molecule has 1 aromatic heterocycles. The third kappa shape index (κ3) is 4.51. The van der Waals surface area contributed by atoms with Crippen molar-refractivity contribution in [3.8, 4) is 10.6 Å². The van der Waals surface area contributed by atoms with Crippen molar-refractivity contribution in [2.24, 2.45) is 0 Å². The Hall–Kier alpha value is -3.06. The van der Waals surface area contributed by atoms with Crippen LogP contribution >= 0.6 is 11.3 Å².